The first kappa shape index (κ1) is 20.7. The third-order valence-corrected chi connectivity index (χ3v) is 5.22. The summed E-state index contributed by atoms with van der Waals surface area (Å²) < 4.78 is 5.23. The number of benzene rings is 1. The van der Waals surface area contributed by atoms with Crippen LogP contribution in [0.15, 0.2) is 36.4 Å². The van der Waals surface area contributed by atoms with Gasteiger partial charge in [-0.2, -0.15) is 0 Å². The number of carbonyl (C=O) groups excluding carboxylic acids is 1. The number of hydrogen-bond acceptors (Lipinski definition) is 8. The van der Waals surface area contributed by atoms with Crippen LogP contribution in [0.1, 0.15) is 24.0 Å². The number of aromatic hydroxyl groups is 1. The molecule has 3 rings (SSSR count). The van der Waals surface area contributed by atoms with E-state index in [0.29, 0.717) is 16.7 Å². The van der Waals surface area contributed by atoms with Crippen molar-refractivity contribution in [2.24, 2.45) is 0 Å². The van der Waals surface area contributed by atoms with Crippen LogP contribution in [0.3, 0.4) is 0 Å². The first-order valence-electron chi connectivity index (χ1n) is 9.05. The topological polar surface area (TPSA) is 148 Å². The number of ether oxygens (including phenoxy) is 1. The fourth-order valence-corrected chi connectivity index (χ4v) is 3.53. The van der Waals surface area contributed by atoms with E-state index in [4.69, 9.17) is 4.74 Å². The molecule has 0 spiro atoms. The van der Waals surface area contributed by atoms with Crippen LogP contribution in [0.25, 0.3) is 5.57 Å². The maximum Gasteiger partial charge on any atom is 0.195 e. The normalized spacial score (nSPS) is 33.0. The van der Waals surface area contributed by atoms with Crippen LogP contribution < -0.4 is 0 Å². The van der Waals surface area contributed by atoms with E-state index in [1.807, 2.05) is 0 Å². The summed E-state index contributed by atoms with van der Waals surface area (Å²) in [7, 11) is 0. The lowest BCUT2D eigenvalue weighted by Crippen LogP contribution is -2.65. The molecule has 0 radical (unpaired) electrons. The van der Waals surface area contributed by atoms with Crippen LogP contribution in [-0.2, 0) is 16.0 Å². The molecule has 1 fully saturated rings. The molecule has 6 N–H and O–H groups in total. The van der Waals surface area contributed by atoms with E-state index in [0.717, 1.165) is 0 Å². The number of phenols is 1. The highest BCUT2D eigenvalue weighted by atomic mass is 16.7. The van der Waals surface area contributed by atoms with Crippen LogP contribution in [0.4, 0.5) is 0 Å². The van der Waals surface area contributed by atoms with E-state index in [-0.39, 0.29) is 30.8 Å². The van der Waals surface area contributed by atoms with Gasteiger partial charge in [-0.15, -0.1) is 0 Å². The molecule has 0 amide bonds. The van der Waals surface area contributed by atoms with E-state index in [2.05, 4.69) is 0 Å². The van der Waals surface area contributed by atoms with Crippen molar-refractivity contribution in [3.05, 3.63) is 47.6 Å². The molecule has 0 saturated carbocycles. The molecule has 1 heterocycles. The lowest BCUT2D eigenvalue weighted by Gasteiger charge is -2.45. The van der Waals surface area contributed by atoms with Crippen molar-refractivity contribution in [1.82, 2.24) is 0 Å². The number of aryl methyl sites for hydroxylation is 1. The third-order valence-electron chi connectivity index (χ3n) is 5.22. The summed E-state index contributed by atoms with van der Waals surface area (Å²) in [6, 6.07) is 4.88. The standard InChI is InChI=1S/C20H24O8/c21-10-15-17(24)18(25)19(26)20(27,28-15)9-8-11-4-3-6-13(16(11)23)12-5-1-2-7-14(12)22/h1-6,15,17-19,21,23-27H,7-10H2/t15-,17-,18+,19-,20+/m1/s1. The molecule has 1 aliphatic heterocycles. The van der Waals surface area contributed by atoms with Crippen molar-refractivity contribution in [3.8, 4) is 5.75 Å². The van der Waals surface area contributed by atoms with Crippen LogP contribution in [0, 0.1) is 0 Å². The highest BCUT2D eigenvalue weighted by molar-refractivity contribution is 6.23. The number of phenolic OH excluding ortho intramolecular Hbond substituents is 1. The number of allylic oxidation sites excluding steroid dienone is 4. The minimum absolute atomic E-state index is 0.0471. The third kappa shape index (κ3) is 3.75. The van der Waals surface area contributed by atoms with E-state index in [1.165, 1.54) is 0 Å². The van der Waals surface area contributed by atoms with Gasteiger partial charge >= 0.3 is 0 Å². The van der Waals surface area contributed by atoms with Crippen molar-refractivity contribution in [3.63, 3.8) is 0 Å². The van der Waals surface area contributed by atoms with Crippen LogP contribution >= 0.6 is 0 Å². The molecular formula is C20H24O8. The Morgan fingerprint density at radius 3 is 2.61 bits per heavy atom. The van der Waals surface area contributed by atoms with Gasteiger partial charge in [0.15, 0.2) is 11.6 Å². The SMILES string of the molecule is O=C1CC=CC=C1c1cccc(CC[C@]2(O)O[C@H](CO)[C@@H](O)[C@H](O)[C@H]2O)c1O. The Morgan fingerprint density at radius 2 is 1.93 bits per heavy atom. The van der Waals surface area contributed by atoms with E-state index >= 15 is 0 Å². The van der Waals surface area contributed by atoms with E-state index < -0.39 is 36.8 Å². The molecule has 8 heteroatoms. The zero-order valence-corrected chi connectivity index (χ0v) is 15.1. The molecule has 8 nitrogen and oxygen atoms in total. The molecule has 28 heavy (non-hydrogen) atoms. The van der Waals surface area contributed by atoms with Gasteiger partial charge in [0.05, 0.1) is 6.61 Å². The minimum Gasteiger partial charge on any atom is -0.507 e. The highest BCUT2D eigenvalue weighted by Gasteiger charge is 2.52. The van der Waals surface area contributed by atoms with Crippen LogP contribution in [0.5, 0.6) is 5.75 Å². The number of Topliss-reactive ketones (excluding diaryl/α,β-unsaturated/α-hetero) is 1. The van der Waals surface area contributed by atoms with Crippen molar-refractivity contribution >= 4 is 11.4 Å². The predicted octanol–water partition coefficient (Wildman–Crippen LogP) is -0.600. The van der Waals surface area contributed by atoms with Gasteiger partial charge in [0.1, 0.15) is 30.2 Å². The number of aliphatic hydroxyl groups is 5. The molecule has 5 atom stereocenters. The van der Waals surface area contributed by atoms with Crippen LogP contribution in [0.2, 0.25) is 0 Å². The summed E-state index contributed by atoms with van der Waals surface area (Å²) in [5, 5.41) is 60.3. The Bertz CT molecular complexity index is 799. The van der Waals surface area contributed by atoms with Crippen molar-refractivity contribution in [2.75, 3.05) is 6.61 Å². The van der Waals surface area contributed by atoms with Gasteiger partial charge in [-0.25, -0.2) is 0 Å². The molecular weight excluding hydrogens is 368 g/mol. The largest absolute Gasteiger partial charge is 0.507 e. The fraction of sp³-hybridized carbons (Fsp3) is 0.450. The molecule has 0 bridgehead atoms. The number of aliphatic hydroxyl groups excluding tert-OH is 4. The van der Waals surface area contributed by atoms with Gasteiger partial charge in [-0.3, -0.25) is 4.79 Å². The Morgan fingerprint density at radius 1 is 1.18 bits per heavy atom. The van der Waals surface area contributed by atoms with Crippen molar-refractivity contribution in [1.29, 1.82) is 0 Å². The van der Waals surface area contributed by atoms with Gasteiger partial charge in [-0.1, -0.05) is 36.4 Å². The van der Waals surface area contributed by atoms with E-state index in [9.17, 15) is 35.4 Å². The average Bonchev–Trinajstić information content (AvgIpc) is 2.69. The molecule has 152 valence electrons. The highest BCUT2D eigenvalue weighted by Crippen LogP contribution is 2.35. The second-order valence-corrected chi connectivity index (χ2v) is 7.06. The maximum atomic E-state index is 12.1. The van der Waals surface area contributed by atoms with Crippen molar-refractivity contribution in [2.45, 2.75) is 49.5 Å². The number of carbonyl (C=O) groups is 1. The van der Waals surface area contributed by atoms with Crippen LogP contribution in [-0.4, -0.2) is 73.2 Å². The second kappa shape index (κ2) is 8.12. The summed E-state index contributed by atoms with van der Waals surface area (Å²) in [5.41, 5.74) is 1.16. The monoisotopic (exact) mass is 392 g/mol. The number of rotatable bonds is 5. The predicted molar refractivity (Wildman–Crippen MR) is 98.1 cm³/mol. The Kier molecular flexibility index (Phi) is 5.99. The lowest BCUT2D eigenvalue weighted by atomic mass is 9.88. The maximum absolute atomic E-state index is 12.1. The molecule has 1 aliphatic carbocycles. The Balaban J connectivity index is 1.81. The minimum atomic E-state index is -2.23. The van der Waals surface area contributed by atoms with Crippen molar-refractivity contribution < 1.29 is 40.2 Å². The summed E-state index contributed by atoms with van der Waals surface area (Å²) in [6.45, 7) is -0.655. The smallest absolute Gasteiger partial charge is 0.195 e. The van der Waals surface area contributed by atoms with E-state index in [1.54, 1.807) is 36.4 Å². The number of ketones is 1. The molecule has 0 aromatic heterocycles. The quantitative estimate of drug-likeness (QED) is 0.389. The van der Waals surface area contributed by atoms with Gasteiger partial charge in [0.25, 0.3) is 0 Å². The molecule has 1 saturated heterocycles. The first-order chi connectivity index (χ1) is 13.3. The summed E-state index contributed by atoms with van der Waals surface area (Å²) in [5.74, 6) is -2.47. The lowest BCUT2D eigenvalue weighted by molar-refractivity contribution is -0.351. The number of para-hydroxylation sites is 1. The van der Waals surface area contributed by atoms with Gasteiger partial charge < -0.3 is 35.4 Å². The van der Waals surface area contributed by atoms with Gasteiger partial charge in [-0.05, 0) is 12.0 Å². The molecule has 0 unspecified atom stereocenters. The van der Waals surface area contributed by atoms with Gasteiger partial charge in [0.2, 0.25) is 0 Å². The Hall–Kier alpha value is -2.07. The first-order valence-corrected chi connectivity index (χ1v) is 9.05. The van der Waals surface area contributed by atoms with Gasteiger partial charge in [0, 0.05) is 24.0 Å². The molecule has 1 aromatic rings. The zero-order chi connectivity index (χ0) is 20.5. The molecule has 2 aliphatic rings. The second-order valence-electron chi connectivity index (χ2n) is 7.06. The molecule has 1 aromatic carbocycles. The zero-order valence-electron chi connectivity index (χ0n) is 15.1. The average molecular weight is 392 g/mol. The summed E-state index contributed by atoms with van der Waals surface area (Å²) in [6.07, 6.45) is -1.16. The fourth-order valence-electron chi connectivity index (χ4n) is 3.53. The number of hydrogen-bond donors (Lipinski definition) is 6. The Labute approximate surface area is 161 Å². The summed E-state index contributed by atoms with van der Waals surface area (Å²) >= 11 is 0. The summed E-state index contributed by atoms with van der Waals surface area (Å²) in [4.78, 5) is 12.1.